The van der Waals surface area contributed by atoms with Crippen molar-refractivity contribution in [1.82, 2.24) is 10.2 Å². The summed E-state index contributed by atoms with van der Waals surface area (Å²) in [5.41, 5.74) is 2.83. The average Bonchev–Trinajstić information content (AvgIpc) is 3.13. The molecule has 0 radical (unpaired) electrons. The molecule has 6 nitrogen and oxygen atoms in total. The molecular formula is C19H19N3O3S2. The normalized spacial score (nSPS) is 10.5. The van der Waals surface area contributed by atoms with E-state index in [9.17, 15) is 4.79 Å². The zero-order valence-electron chi connectivity index (χ0n) is 15.2. The number of hydrogen-bond acceptors (Lipinski definition) is 7. The van der Waals surface area contributed by atoms with Crippen LogP contribution in [0, 0.1) is 6.92 Å². The summed E-state index contributed by atoms with van der Waals surface area (Å²) in [4.78, 5) is 12.6. The van der Waals surface area contributed by atoms with Gasteiger partial charge in [0.1, 0.15) is 0 Å². The fourth-order valence-electron chi connectivity index (χ4n) is 2.50. The number of hydrogen-bond donors (Lipinski definition) is 1. The highest BCUT2D eigenvalue weighted by Gasteiger charge is 2.18. The van der Waals surface area contributed by atoms with Crippen LogP contribution in [0.5, 0.6) is 11.5 Å². The number of aryl methyl sites for hydroxylation is 1. The number of carbonyl (C=O) groups excluding carboxylic acids is 1. The fourth-order valence-corrected chi connectivity index (χ4v) is 4.19. The summed E-state index contributed by atoms with van der Waals surface area (Å²) in [5, 5.41) is 11.4. The Balaban J connectivity index is 1.66. The highest BCUT2D eigenvalue weighted by molar-refractivity contribution is 8.00. The number of thioether (sulfide) groups is 1. The number of rotatable bonds is 7. The Bertz CT molecular complexity index is 943. The quantitative estimate of drug-likeness (QED) is 0.467. The van der Waals surface area contributed by atoms with Gasteiger partial charge in [-0.05, 0) is 24.6 Å². The molecule has 0 unspecified atom stereocenters. The molecular weight excluding hydrogens is 382 g/mol. The lowest BCUT2D eigenvalue weighted by atomic mass is 10.1. The summed E-state index contributed by atoms with van der Waals surface area (Å²) in [6.45, 7) is 2.07. The molecule has 0 spiro atoms. The van der Waals surface area contributed by atoms with Gasteiger partial charge < -0.3 is 9.47 Å². The maximum absolute atomic E-state index is 12.6. The Hall–Kier alpha value is -2.58. The molecule has 0 aliphatic heterocycles. The molecule has 0 bridgehead atoms. The second-order valence-corrected chi connectivity index (χ2v) is 7.85. The minimum atomic E-state index is -0.322. The van der Waals surface area contributed by atoms with Gasteiger partial charge in [0.25, 0.3) is 5.91 Å². The van der Waals surface area contributed by atoms with Crippen molar-refractivity contribution in [2.75, 3.05) is 19.5 Å². The predicted molar refractivity (Wildman–Crippen MR) is 108 cm³/mol. The van der Waals surface area contributed by atoms with Crippen molar-refractivity contribution < 1.29 is 14.3 Å². The standard InChI is InChI=1S/C19H19N3O3S2/c1-12-6-4-7-13(10-12)11-26-19-22-21-18(27-19)20-17(23)14-8-5-9-15(24-2)16(14)25-3/h4-10H,11H2,1-3H3,(H,20,21,23). The monoisotopic (exact) mass is 401 g/mol. The SMILES string of the molecule is COc1cccc(C(=O)Nc2nnc(SCc3cccc(C)c3)s2)c1OC. The molecule has 1 amide bonds. The van der Waals surface area contributed by atoms with Crippen molar-refractivity contribution in [1.29, 1.82) is 0 Å². The van der Waals surface area contributed by atoms with Crippen LogP contribution in [0.2, 0.25) is 0 Å². The molecule has 27 heavy (non-hydrogen) atoms. The molecule has 0 saturated carbocycles. The number of ether oxygens (including phenoxy) is 2. The lowest BCUT2D eigenvalue weighted by molar-refractivity contribution is 0.102. The number of para-hydroxylation sites is 1. The maximum Gasteiger partial charge on any atom is 0.261 e. The van der Waals surface area contributed by atoms with Gasteiger partial charge in [-0.25, -0.2) is 0 Å². The van der Waals surface area contributed by atoms with E-state index in [1.54, 1.807) is 30.0 Å². The number of anilines is 1. The first-order valence-corrected chi connectivity index (χ1v) is 9.95. The molecule has 0 aliphatic rings. The van der Waals surface area contributed by atoms with Gasteiger partial charge in [-0.15, -0.1) is 10.2 Å². The number of aromatic nitrogens is 2. The number of methoxy groups -OCH3 is 2. The summed E-state index contributed by atoms with van der Waals surface area (Å²) >= 11 is 2.93. The van der Waals surface area contributed by atoms with Gasteiger partial charge in [0, 0.05) is 5.75 Å². The fraction of sp³-hybridized carbons (Fsp3) is 0.211. The van der Waals surface area contributed by atoms with E-state index >= 15 is 0 Å². The molecule has 1 heterocycles. The van der Waals surface area contributed by atoms with Crippen LogP contribution in [-0.4, -0.2) is 30.3 Å². The van der Waals surface area contributed by atoms with Crippen molar-refractivity contribution in [3.8, 4) is 11.5 Å². The maximum atomic E-state index is 12.6. The second-order valence-electron chi connectivity index (χ2n) is 5.65. The second kappa shape index (κ2) is 8.88. The summed E-state index contributed by atoms with van der Waals surface area (Å²) in [5.74, 6) is 1.36. The van der Waals surface area contributed by atoms with Crippen molar-refractivity contribution in [3.63, 3.8) is 0 Å². The number of nitrogens with one attached hydrogen (secondary N) is 1. The number of carbonyl (C=O) groups is 1. The lowest BCUT2D eigenvalue weighted by Crippen LogP contribution is -2.13. The van der Waals surface area contributed by atoms with Gasteiger partial charge in [0.05, 0.1) is 19.8 Å². The van der Waals surface area contributed by atoms with Crippen LogP contribution in [-0.2, 0) is 5.75 Å². The van der Waals surface area contributed by atoms with E-state index in [0.717, 1.165) is 10.1 Å². The number of amides is 1. The van der Waals surface area contributed by atoms with Crippen LogP contribution in [0.15, 0.2) is 46.8 Å². The first-order chi connectivity index (χ1) is 13.1. The van der Waals surface area contributed by atoms with Crippen molar-refractivity contribution in [3.05, 3.63) is 59.2 Å². The van der Waals surface area contributed by atoms with Gasteiger partial charge in [-0.2, -0.15) is 0 Å². The number of nitrogens with zero attached hydrogens (tertiary/aromatic N) is 2. The Kier molecular flexibility index (Phi) is 6.31. The highest BCUT2D eigenvalue weighted by Crippen LogP contribution is 2.32. The van der Waals surface area contributed by atoms with E-state index in [4.69, 9.17) is 9.47 Å². The Labute approximate surface area is 165 Å². The van der Waals surface area contributed by atoms with E-state index in [0.29, 0.717) is 22.2 Å². The summed E-state index contributed by atoms with van der Waals surface area (Å²) in [7, 11) is 3.03. The molecule has 3 rings (SSSR count). The Morgan fingerprint density at radius 2 is 1.96 bits per heavy atom. The van der Waals surface area contributed by atoms with Gasteiger partial charge >= 0.3 is 0 Å². The molecule has 0 aliphatic carbocycles. The highest BCUT2D eigenvalue weighted by atomic mass is 32.2. The molecule has 2 aromatic carbocycles. The average molecular weight is 402 g/mol. The van der Waals surface area contributed by atoms with E-state index in [1.807, 2.05) is 6.07 Å². The zero-order valence-corrected chi connectivity index (χ0v) is 16.8. The van der Waals surface area contributed by atoms with Crippen LogP contribution < -0.4 is 14.8 Å². The molecule has 0 atom stereocenters. The first kappa shape index (κ1) is 19.2. The topological polar surface area (TPSA) is 73.3 Å². The van der Waals surface area contributed by atoms with E-state index in [1.165, 1.54) is 36.7 Å². The summed E-state index contributed by atoms with van der Waals surface area (Å²) in [6, 6.07) is 13.5. The van der Waals surface area contributed by atoms with Gasteiger partial charge in [0.2, 0.25) is 5.13 Å². The van der Waals surface area contributed by atoms with Crippen LogP contribution in [0.1, 0.15) is 21.5 Å². The largest absolute Gasteiger partial charge is 0.493 e. The van der Waals surface area contributed by atoms with E-state index < -0.39 is 0 Å². The zero-order chi connectivity index (χ0) is 19.2. The van der Waals surface area contributed by atoms with Crippen molar-refractivity contribution in [2.24, 2.45) is 0 Å². The summed E-state index contributed by atoms with van der Waals surface area (Å²) in [6.07, 6.45) is 0. The van der Waals surface area contributed by atoms with Gasteiger partial charge in [-0.3, -0.25) is 10.1 Å². The van der Waals surface area contributed by atoms with Crippen molar-refractivity contribution in [2.45, 2.75) is 17.0 Å². The van der Waals surface area contributed by atoms with Crippen LogP contribution in [0.3, 0.4) is 0 Å². The predicted octanol–water partition coefficient (Wildman–Crippen LogP) is 4.41. The van der Waals surface area contributed by atoms with E-state index in [-0.39, 0.29) is 5.91 Å². The third kappa shape index (κ3) is 4.78. The molecule has 1 N–H and O–H groups in total. The van der Waals surface area contributed by atoms with Crippen molar-refractivity contribution >= 4 is 34.1 Å². The van der Waals surface area contributed by atoms with Gasteiger partial charge in [0.15, 0.2) is 15.8 Å². The summed E-state index contributed by atoms with van der Waals surface area (Å²) < 4.78 is 11.3. The van der Waals surface area contributed by atoms with Crippen LogP contribution in [0.4, 0.5) is 5.13 Å². The third-order valence-corrected chi connectivity index (χ3v) is 5.76. The smallest absolute Gasteiger partial charge is 0.261 e. The van der Waals surface area contributed by atoms with Crippen LogP contribution in [0.25, 0.3) is 0 Å². The number of benzene rings is 2. The first-order valence-electron chi connectivity index (χ1n) is 8.15. The molecule has 0 fully saturated rings. The lowest BCUT2D eigenvalue weighted by Gasteiger charge is -2.11. The molecule has 1 aromatic heterocycles. The minimum Gasteiger partial charge on any atom is -0.493 e. The van der Waals surface area contributed by atoms with Crippen LogP contribution >= 0.6 is 23.1 Å². The Morgan fingerprint density at radius 1 is 1.15 bits per heavy atom. The van der Waals surface area contributed by atoms with Gasteiger partial charge in [-0.1, -0.05) is 59.0 Å². The minimum absolute atomic E-state index is 0.322. The third-order valence-electron chi connectivity index (χ3n) is 3.72. The molecule has 3 aromatic rings. The molecule has 8 heteroatoms. The molecule has 0 saturated heterocycles. The Morgan fingerprint density at radius 3 is 2.70 bits per heavy atom. The molecule has 140 valence electrons. The van der Waals surface area contributed by atoms with E-state index in [2.05, 4.69) is 40.6 Å².